The number of halogens is 3. The molecular formula is C30H32Cl2FN3O6S. The molecule has 1 aliphatic heterocycles. The minimum absolute atomic E-state index is 0.0498. The van der Waals surface area contributed by atoms with Crippen LogP contribution in [0, 0.1) is 5.82 Å². The first-order chi connectivity index (χ1) is 20.4. The topological polar surface area (TPSA) is 105 Å². The van der Waals surface area contributed by atoms with E-state index in [0.29, 0.717) is 22.9 Å². The predicted octanol–water partition coefficient (Wildman–Crippen LogP) is 5.43. The van der Waals surface area contributed by atoms with E-state index in [1.54, 1.807) is 32.9 Å². The summed E-state index contributed by atoms with van der Waals surface area (Å²) >= 11 is 12.5. The van der Waals surface area contributed by atoms with Gasteiger partial charge < -0.3 is 19.7 Å². The molecule has 2 amide bonds. The fourth-order valence-electron chi connectivity index (χ4n) is 4.58. The predicted molar refractivity (Wildman–Crippen MR) is 163 cm³/mol. The number of nitrogens with one attached hydrogen (secondary N) is 1. The van der Waals surface area contributed by atoms with Crippen LogP contribution >= 0.6 is 23.2 Å². The fourth-order valence-corrected chi connectivity index (χ4v) is 6.48. The standard InChI is InChI=1S/C30H32Cl2FN3O6S/c1-4-26(30(38)34-19(2)3)35(17-20-5-6-21(31)15-25(20)32)29(37)18-36(23-9-7-22(33)8-10-23)43(39,40)24-11-12-27-28(16-24)42-14-13-41-27/h5-12,15-16,19,26H,4,13-14,17-18H2,1-3H3,(H,34,38)/t26-/m1/s1. The van der Waals surface area contributed by atoms with Gasteiger partial charge in [0.25, 0.3) is 10.0 Å². The molecule has 1 aliphatic rings. The molecule has 1 atom stereocenters. The maximum Gasteiger partial charge on any atom is 0.264 e. The molecule has 0 saturated heterocycles. The Morgan fingerprint density at radius 1 is 0.977 bits per heavy atom. The molecule has 0 fully saturated rings. The van der Waals surface area contributed by atoms with Crippen molar-refractivity contribution < 1.29 is 31.9 Å². The van der Waals surface area contributed by atoms with E-state index in [2.05, 4.69) is 5.32 Å². The highest BCUT2D eigenvalue weighted by molar-refractivity contribution is 7.92. The SMILES string of the molecule is CC[C@H](C(=O)NC(C)C)N(Cc1ccc(Cl)cc1Cl)C(=O)CN(c1ccc(F)cc1)S(=O)(=O)c1ccc2c(c1)OCCO2. The van der Waals surface area contributed by atoms with Crippen LogP contribution in [0.2, 0.25) is 10.0 Å². The molecule has 1 N–H and O–H groups in total. The van der Waals surface area contributed by atoms with Crippen LogP contribution in [0.3, 0.4) is 0 Å². The van der Waals surface area contributed by atoms with Crippen LogP contribution in [0.25, 0.3) is 0 Å². The highest BCUT2D eigenvalue weighted by Gasteiger charge is 2.34. The summed E-state index contributed by atoms with van der Waals surface area (Å²) in [5.41, 5.74) is 0.562. The van der Waals surface area contributed by atoms with Gasteiger partial charge in [-0.3, -0.25) is 13.9 Å². The minimum Gasteiger partial charge on any atom is -0.486 e. The number of sulfonamides is 1. The monoisotopic (exact) mass is 651 g/mol. The van der Waals surface area contributed by atoms with Gasteiger partial charge in [-0.25, -0.2) is 12.8 Å². The number of carbonyl (C=O) groups is 2. The lowest BCUT2D eigenvalue weighted by molar-refractivity contribution is -0.140. The highest BCUT2D eigenvalue weighted by Crippen LogP contribution is 2.34. The van der Waals surface area contributed by atoms with Crippen LogP contribution in [-0.4, -0.2) is 57.0 Å². The second-order valence-electron chi connectivity index (χ2n) is 10.1. The lowest BCUT2D eigenvalue weighted by Crippen LogP contribution is -2.53. The van der Waals surface area contributed by atoms with Crippen LogP contribution in [0.15, 0.2) is 65.6 Å². The van der Waals surface area contributed by atoms with Gasteiger partial charge in [-0.05, 0) is 74.4 Å². The molecule has 0 saturated carbocycles. The molecular weight excluding hydrogens is 620 g/mol. The van der Waals surface area contributed by atoms with Crippen LogP contribution in [0.1, 0.15) is 32.8 Å². The Morgan fingerprint density at radius 2 is 1.65 bits per heavy atom. The van der Waals surface area contributed by atoms with Crippen molar-refractivity contribution in [2.24, 2.45) is 0 Å². The Labute approximate surface area is 260 Å². The summed E-state index contributed by atoms with van der Waals surface area (Å²) in [6, 6.07) is 12.5. The fraction of sp³-hybridized carbons (Fsp3) is 0.333. The van der Waals surface area contributed by atoms with Crippen molar-refractivity contribution in [3.8, 4) is 11.5 Å². The third kappa shape index (κ3) is 7.70. The summed E-state index contributed by atoms with van der Waals surface area (Å²) in [7, 11) is -4.40. The van der Waals surface area contributed by atoms with E-state index in [4.69, 9.17) is 32.7 Å². The summed E-state index contributed by atoms with van der Waals surface area (Å²) in [6.45, 7) is 5.12. The number of hydrogen-bond acceptors (Lipinski definition) is 6. The smallest absolute Gasteiger partial charge is 0.264 e. The highest BCUT2D eigenvalue weighted by atomic mass is 35.5. The number of rotatable bonds is 11. The van der Waals surface area contributed by atoms with Crippen LogP contribution in [-0.2, 0) is 26.2 Å². The van der Waals surface area contributed by atoms with Crippen molar-refractivity contribution in [3.63, 3.8) is 0 Å². The van der Waals surface area contributed by atoms with Crippen molar-refractivity contribution in [1.29, 1.82) is 0 Å². The first-order valence-electron chi connectivity index (χ1n) is 13.6. The van der Waals surface area contributed by atoms with Gasteiger partial charge in [-0.15, -0.1) is 0 Å². The summed E-state index contributed by atoms with van der Waals surface area (Å²) in [5.74, 6) is -1.03. The molecule has 0 radical (unpaired) electrons. The van der Waals surface area contributed by atoms with Crippen molar-refractivity contribution in [2.45, 2.75) is 50.7 Å². The molecule has 9 nitrogen and oxygen atoms in total. The first kappa shape index (κ1) is 32.4. The zero-order valence-electron chi connectivity index (χ0n) is 23.8. The van der Waals surface area contributed by atoms with Crippen LogP contribution in [0.5, 0.6) is 11.5 Å². The minimum atomic E-state index is -4.40. The normalized spacial score (nSPS) is 13.4. The van der Waals surface area contributed by atoms with Gasteiger partial charge in [0.2, 0.25) is 11.8 Å². The number of carbonyl (C=O) groups excluding carboxylic acids is 2. The van der Waals surface area contributed by atoms with E-state index in [-0.39, 0.29) is 47.0 Å². The maximum atomic E-state index is 14.1. The second-order valence-corrected chi connectivity index (χ2v) is 12.8. The molecule has 4 rings (SSSR count). The average Bonchev–Trinajstić information content (AvgIpc) is 2.96. The van der Waals surface area contributed by atoms with E-state index in [1.807, 2.05) is 0 Å². The molecule has 43 heavy (non-hydrogen) atoms. The Kier molecular flexibility index (Phi) is 10.4. The van der Waals surface area contributed by atoms with E-state index in [9.17, 15) is 22.4 Å². The van der Waals surface area contributed by atoms with E-state index in [1.165, 1.54) is 41.3 Å². The summed E-state index contributed by atoms with van der Waals surface area (Å²) in [6.07, 6.45) is 0.237. The zero-order valence-corrected chi connectivity index (χ0v) is 26.2. The molecule has 0 aromatic heterocycles. The van der Waals surface area contributed by atoms with Gasteiger partial charge in [0, 0.05) is 28.7 Å². The third-order valence-corrected chi connectivity index (χ3v) is 9.02. The van der Waals surface area contributed by atoms with E-state index in [0.717, 1.165) is 16.4 Å². The quantitative estimate of drug-likeness (QED) is 0.296. The van der Waals surface area contributed by atoms with Crippen molar-refractivity contribution >= 4 is 50.7 Å². The average molecular weight is 653 g/mol. The number of benzene rings is 3. The molecule has 230 valence electrons. The van der Waals surface area contributed by atoms with Gasteiger partial charge in [0.1, 0.15) is 31.6 Å². The summed E-state index contributed by atoms with van der Waals surface area (Å²) < 4.78 is 54.0. The number of ether oxygens (including phenoxy) is 2. The summed E-state index contributed by atoms with van der Waals surface area (Å²) in [5, 5.41) is 3.50. The Bertz CT molecular complexity index is 1590. The Hall–Kier alpha value is -3.54. The third-order valence-electron chi connectivity index (χ3n) is 6.67. The van der Waals surface area contributed by atoms with Gasteiger partial charge in [0.05, 0.1) is 10.6 Å². The first-order valence-corrected chi connectivity index (χ1v) is 15.8. The van der Waals surface area contributed by atoms with E-state index >= 15 is 0 Å². The number of fused-ring (bicyclic) bond motifs is 1. The van der Waals surface area contributed by atoms with Crippen molar-refractivity contribution in [1.82, 2.24) is 10.2 Å². The van der Waals surface area contributed by atoms with Crippen LogP contribution in [0.4, 0.5) is 10.1 Å². The van der Waals surface area contributed by atoms with E-state index < -0.39 is 40.2 Å². The number of anilines is 1. The Balaban J connectivity index is 1.76. The second kappa shape index (κ2) is 13.8. The molecule has 0 unspecified atom stereocenters. The largest absolute Gasteiger partial charge is 0.486 e. The molecule has 0 spiro atoms. The number of hydrogen-bond donors (Lipinski definition) is 1. The molecule has 13 heteroatoms. The zero-order chi connectivity index (χ0) is 31.3. The van der Waals surface area contributed by atoms with Crippen LogP contribution < -0.4 is 19.1 Å². The number of amides is 2. The molecule has 1 heterocycles. The molecule has 0 aliphatic carbocycles. The molecule has 0 bridgehead atoms. The summed E-state index contributed by atoms with van der Waals surface area (Å²) in [4.78, 5) is 28.5. The maximum absolute atomic E-state index is 14.1. The lowest BCUT2D eigenvalue weighted by Gasteiger charge is -2.33. The number of nitrogens with zero attached hydrogens (tertiary/aromatic N) is 2. The molecule has 3 aromatic rings. The van der Waals surface area contributed by atoms with Crippen molar-refractivity contribution in [2.75, 3.05) is 24.1 Å². The lowest BCUT2D eigenvalue weighted by atomic mass is 10.1. The van der Waals surface area contributed by atoms with Gasteiger partial charge in [0.15, 0.2) is 11.5 Å². The van der Waals surface area contributed by atoms with Gasteiger partial charge >= 0.3 is 0 Å². The van der Waals surface area contributed by atoms with Gasteiger partial charge in [-0.2, -0.15) is 0 Å². The Morgan fingerprint density at radius 3 is 2.28 bits per heavy atom. The van der Waals surface area contributed by atoms with Crippen molar-refractivity contribution in [3.05, 3.63) is 82.1 Å². The van der Waals surface area contributed by atoms with Gasteiger partial charge in [-0.1, -0.05) is 36.2 Å². The molecule has 3 aromatic carbocycles.